The smallest absolute Gasteiger partial charge is 0.282 e. The van der Waals surface area contributed by atoms with Crippen molar-refractivity contribution in [2.75, 3.05) is 21.3 Å². The second-order valence-corrected chi connectivity index (χ2v) is 8.35. The molecule has 0 saturated heterocycles. The Morgan fingerprint density at radius 3 is 1.04 bits per heavy atom. The minimum atomic E-state index is -0.836. The fourth-order valence-electron chi connectivity index (χ4n) is 3.45. The third-order valence-corrected chi connectivity index (χ3v) is 5.98. The van der Waals surface area contributed by atoms with Crippen molar-refractivity contribution < 1.29 is 14.2 Å². The van der Waals surface area contributed by atoms with E-state index in [1.807, 2.05) is 0 Å². The standard InChI is InChI=1S/C21H46O3Si/c1-22-21(23-2,24-3)19-17-15-13-11-9-7-5-4-6-8-10-12-14-16-18-20-25/h4-20H2,1-3,25H3. The van der Waals surface area contributed by atoms with Gasteiger partial charge in [0.05, 0.1) is 0 Å². The molecule has 4 heteroatoms. The Balaban J connectivity index is 3.21. The van der Waals surface area contributed by atoms with E-state index in [1.54, 1.807) is 21.3 Å². The van der Waals surface area contributed by atoms with Crippen LogP contribution in [0, 0.1) is 0 Å². The SMILES string of the molecule is COC(CCCCCCCCCCCCCCCCC[SiH3])(OC)OC. The second kappa shape index (κ2) is 18.9. The van der Waals surface area contributed by atoms with Crippen LogP contribution in [0.4, 0.5) is 0 Å². The second-order valence-electron chi connectivity index (χ2n) is 7.35. The summed E-state index contributed by atoms with van der Waals surface area (Å²) >= 11 is 0. The number of rotatable bonds is 20. The molecule has 25 heavy (non-hydrogen) atoms. The van der Waals surface area contributed by atoms with Crippen molar-refractivity contribution >= 4 is 10.2 Å². The van der Waals surface area contributed by atoms with Crippen LogP contribution >= 0.6 is 0 Å². The van der Waals surface area contributed by atoms with Crippen molar-refractivity contribution in [2.45, 2.75) is 115 Å². The van der Waals surface area contributed by atoms with E-state index in [4.69, 9.17) is 14.2 Å². The molecule has 0 aliphatic rings. The van der Waals surface area contributed by atoms with Gasteiger partial charge in [-0.2, -0.15) is 0 Å². The Hall–Kier alpha value is 0.0969. The lowest BCUT2D eigenvalue weighted by Crippen LogP contribution is -2.35. The summed E-state index contributed by atoms with van der Waals surface area (Å²) in [6, 6.07) is 1.49. The fourth-order valence-corrected chi connectivity index (χ4v) is 3.95. The van der Waals surface area contributed by atoms with Gasteiger partial charge in [-0.05, 0) is 6.42 Å². The van der Waals surface area contributed by atoms with E-state index in [9.17, 15) is 0 Å². The Labute approximate surface area is 161 Å². The van der Waals surface area contributed by atoms with Gasteiger partial charge in [-0.1, -0.05) is 95.9 Å². The number of hydrogen-bond acceptors (Lipinski definition) is 3. The van der Waals surface area contributed by atoms with Crippen LogP contribution in [0.25, 0.3) is 0 Å². The van der Waals surface area contributed by atoms with Crippen molar-refractivity contribution in [3.63, 3.8) is 0 Å². The van der Waals surface area contributed by atoms with Crippen LogP contribution in [-0.2, 0) is 14.2 Å². The van der Waals surface area contributed by atoms with E-state index in [2.05, 4.69) is 0 Å². The van der Waals surface area contributed by atoms with Gasteiger partial charge in [0.15, 0.2) is 0 Å². The monoisotopic (exact) mass is 374 g/mol. The average molecular weight is 375 g/mol. The third-order valence-electron chi connectivity index (χ3n) is 5.27. The van der Waals surface area contributed by atoms with Crippen LogP contribution in [-0.4, -0.2) is 37.5 Å². The molecule has 152 valence electrons. The molecule has 0 aromatic carbocycles. The van der Waals surface area contributed by atoms with Crippen LogP contribution in [0.3, 0.4) is 0 Å². The molecule has 0 aliphatic heterocycles. The van der Waals surface area contributed by atoms with E-state index in [0.717, 1.165) is 12.8 Å². The van der Waals surface area contributed by atoms with E-state index in [1.165, 1.54) is 106 Å². The van der Waals surface area contributed by atoms with E-state index in [-0.39, 0.29) is 0 Å². The highest BCUT2D eigenvalue weighted by Crippen LogP contribution is 2.21. The van der Waals surface area contributed by atoms with Crippen molar-refractivity contribution in [3.8, 4) is 0 Å². The van der Waals surface area contributed by atoms with Crippen molar-refractivity contribution in [2.24, 2.45) is 0 Å². The van der Waals surface area contributed by atoms with E-state index in [0.29, 0.717) is 0 Å². The Bertz CT molecular complexity index is 249. The molecular formula is C21H46O3Si. The summed E-state index contributed by atoms with van der Waals surface area (Å²) in [4.78, 5) is 0. The van der Waals surface area contributed by atoms with Crippen LogP contribution in [0.15, 0.2) is 0 Å². The highest BCUT2D eigenvalue weighted by Gasteiger charge is 2.28. The summed E-state index contributed by atoms with van der Waals surface area (Å²) in [7, 11) is 6.31. The molecule has 0 bridgehead atoms. The molecular weight excluding hydrogens is 328 g/mol. The van der Waals surface area contributed by atoms with Gasteiger partial charge < -0.3 is 14.2 Å². The molecule has 0 rings (SSSR count). The lowest BCUT2D eigenvalue weighted by atomic mass is 10.0. The van der Waals surface area contributed by atoms with Gasteiger partial charge >= 0.3 is 0 Å². The van der Waals surface area contributed by atoms with E-state index < -0.39 is 5.97 Å². The van der Waals surface area contributed by atoms with Gasteiger partial charge in [-0.15, -0.1) is 0 Å². The Kier molecular flexibility index (Phi) is 18.9. The molecule has 0 N–H and O–H groups in total. The van der Waals surface area contributed by atoms with Crippen molar-refractivity contribution in [3.05, 3.63) is 0 Å². The fraction of sp³-hybridized carbons (Fsp3) is 1.00. The van der Waals surface area contributed by atoms with E-state index >= 15 is 0 Å². The first-order valence-corrected chi connectivity index (χ1v) is 12.3. The summed E-state index contributed by atoms with van der Waals surface area (Å²) < 4.78 is 16.0. The number of unbranched alkanes of at least 4 members (excludes halogenated alkanes) is 14. The number of ether oxygens (including phenoxy) is 3. The first kappa shape index (κ1) is 25.1. The van der Waals surface area contributed by atoms with Gasteiger partial charge in [0.1, 0.15) is 0 Å². The molecule has 3 nitrogen and oxygen atoms in total. The molecule has 0 aliphatic carbocycles. The minimum absolute atomic E-state index is 0.802. The Morgan fingerprint density at radius 1 is 0.480 bits per heavy atom. The molecule has 0 unspecified atom stereocenters. The summed E-state index contributed by atoms with van der Waals surface area (Å²) in [6.07, 6.45) is 21.8. The number of hydrogen-bond donors (Lipinski definition) is 0. The molecule has 0 spiro atoms. The summed E-state index contributed by atoms with van der Waals surface area (Å²) in [5.74, 6) is -0.836. The van der Waals surface area contributed by atoms with Crippen LogP contribution in [0.1, 0.15) is 103 Å². The average Bonchev–Trinajstić information content (AvgIpc) is 2.65. The normalized spacial score (nSPS) is 12.1. The zero-order chi connectivity index (χ0) is 18.6. The maximum absolute atomic E-state index is 5.32. The van der Waals surface area contributed by atoms with Gasteiger partial charge in [-0.25, -0.2) is 0 Å². The molecule has 0 aromatic heterocycles. The maximum Gasteiger partial charge on any atom is 0.282 e. The molecule has 0 aromatic rings. The van der Waals surface area contributed by atoms with Gasteiger partial charge in [0.25, 0.3) is 5.97 Å². The third kappa shape index (κ3) is 14.9. The largest absolute Gasteiger partial charge is 0.331 e. The molecule has 0 saturated carbocycles. The first-order valence-electron chi connectivity index (χ1n) is 10.9. The summed E-state index contributed by atoms with van der Waals surface area (Å²) in [6.45, 7) is 0. The van der Waals surface area contributed by atoms with Gasteiger partial charge in [0, 0.05) is 38.0 Å². The first-order chi connectivity index (χ1) is 12.2. The topological polar surface area (TPSA) is 27.7 Å². The number of methoxy groups -OCH3 is 3. The lowest BCUT2D eigenvalue weighted by Gasteiger charge is -2.28. The minimum Gasteiger partial charge on any atom is -0.331 e. The van der Waals surface area contributed by atoms with Gasteiger partial charge in [0.2, 0.25) is 0 Å². The van der Waals surface area contributed by atoms with Crippen molar-refractivity contribution in [1.29, 1.82) is 0 Å². The molecule has 0 radical (unpaired) electrons. The Morgan fingerprint density at radius 2 is 0.760 bits per heavy atom. The predicted molar refractivity (Wildman–Crippen MR) is 112 cm³/mol. The zero-order valence-corrected chi connectivity index (χ0v) is 19.7. The molecule has 0 amide bonds. The maximum atomic E-state index is 5.32. The highest BCUT2D eigenvalue weighted by molar-refractivity contribution is 6.08. The lowest BCUT2D eigenvalue weighted by molar-refractivity contribution is -0.355. The van der Waals surface area contributed by atoms with Gasteiger partial charge in [-0.3, -0.25) is 0 Å². The molecule has 0 fully saturated rings. The summed E-state index contributed by atoms with van der Waals surface area (Å²) in [5.41, 5.74) is 0. The predicted octanol–water partition coefficient (Wildman–Crippen LogP) is 5.60. The van der Waals surface area contributed by atoms with Crippen LogP contribution in [0.2, 0.25) is 6.04 Å². The zero-order valence-electron chi connectivity index (χ0n) is 17.7. The van der Waals surface area contributed by atoms with Crippen LogP contribution < -0.4 is 0 Å². The van der Waals surface area contributed by atoms with Crippen LogP contribution in [0.5, 0.6) is 0 Å². The summed E-state index contributed by atoms with van der Waals surface area (Å²) in [5, 5.41) is 0. The molecule has 0 heterocycles. The highest BCUT2D eigenvalue weighted by atomic mass is 28.1. The molecule has 0 atom stereocenters. The van der Waals surface area contributed by atoms with Crippen molar-refractivity contribution in [1.82, 2.24) is 0 Å². The quantitative estimate of drug-likeness (QED) is 0.158.